The van der Waals surface area contributed by atoms with Crippen LogP contribution in [0.1, 0.15) is 68.1 Å². The average molecular weight is 479 g/mol. The summed E-state index contributed by atoms with van der Waals surface area (Å²) < 4.78 is 49.5. The molecule has 1 fully saturated rings. The third kappa shape index (κ3) is 6.17. The Hall–Kier alpha value is -3.01. The van der Waals surface area contributed by atoms with E-state index in [-0.39, 0.29) is 16.9 Å². The van der Waals surface area contributed by atoms with Crippen molar-refractivity contribution in [1.29, 1.82) is 0 Å². The Kier molecular flexibility index (Phi) is 8.33. The van der Waals surface area contributed by atoms with Crippen LogP contribution in [-0.2, 0) is 0 Å². The van der Waals surface area contributed by atoms with Gasteiger partial charge in [0.1, 0.15) is 0 Å². The minimum absolute atomic E-state index is 0.265. The van der Waals surface area contributed by atoms with Crippen molar-refractivity contribution in [3.63, 3.8) is 0 Å². The van der Waals surface area contributed by atoms with E-state index >= 15 is 0 Å². The van der Waals surface area contributed by atoms with Crippen molar-refractivity contribution in [3.8, 4) is 16.9 Å². The fraction of sp³-hybridized carbons (Fsp3) is 0.355. The highest BCUT2D eigenvalue weighted by atomic mass is 19.2. The standard InChI is InChI=1S/C31H33F3O/c1-3-4-19-35-29-18-16-26(20-28(29)32)23-12-7-22(8-13-23)9-14-25-15-17-27(31(34)30(25)33)24-10-5-21(2)6-11-24/h5-6,9-11,14-18,20,22-23H,3-4,7-8,12-13,19H2,1-2H3/b14-9+. The first-order valence-electron chi connectivity index (χ1n) is 12.6. The van der Waals surface area contributed by atoms with E-state index in [0.29, 0.717) is 29.8 Å². The number of hydrogen-bond donors (Lipinski definition) is 0. The quantitative estimate of drug-likeness (QED) is 0.293. The molecule has 1 aliphatic carbocycles. The normalized spacial score (nSPS) is 18.2. The van der Waals surface area contributed by atoms with Crippen molar-refractivity contribution in [2.45, 2.75) is 58.3 Å². The Labute approximate surface area is 206 Å². The van der Waals surface area contributed by atoms with E-state index in [1.54, 1.807) is 42.5 Å². The number of allylic oxidation sites excluding steroid dienone is 1. The highest BCUT2D eigenvalue weighted by molar-refractivity contribution is 5.67. The van der Waals surface area contributed by atoms with Gasteiger partial charge < -0.3 is 4.74 Å². The Balaban J connectivity index is 1.36. The van der Waals surface area contributed by atoms with E-state index in [0.717, 1.165) is 49.7 Å². The van der Waals surface area contributed by atoms with Gasteiger partial charge in [0.25, 0.3) is 0 Å². The van der Waals surface area contributed by atoms with Gasteiger partial charge in [0.15, 0.2) is 23.2 Å². The minimum atomic E-state index is -0.816. The van der Waals surface area contributed by atoms with Gasteiger partial charge in [-0.3, -0.25) is 0 Å². The van der Waals surface area contributed by atoms with Gasteiger partial charge in [-0.2, -0.15) is 0 Å². The van der Waals surface area contributed by atoms with Crippen LogP contribution in [0, 0.1) is 30.3 Å². The van der Waals surface area contributed by atoms with E-state index in [9.17, 15) is 13.2 Å². The van der Waals surface area contributed by atoms with E-state index in [1.807, 2.05) is 31.2 Å². The molecule has 0 amide bonds. The number of unbranched alkanes of at least 4 members (excludes halogenated alkanes) is 1. The van der Waals surface area contributed by atoms with Gasteiger partial charge >= 0.3 is 0 Å². The lowest BCUT2D eigenvalue weighted by molar-refractivity contribution is 0.293. The summed E-state index contributed by atoms with van der Waals surface area (Å²) in [6, 6.07) is 16.0. The SMILES string of the molecule is CCCCOc1ccc(C2CCC(/C=C/c3ccc(-c4ccc(C)cc4)c(F)c3F)CC2)cc1F. The third-order valence-electron chi connectivity index (χ3n) is 6.98. The van der Waals surface area contributed by atoms with Gasteiger partial charge in [0.2, 0.25) is 0 Å². The maximum absolute atomic E-state index is 14.8. The van der Waals surface area contributed by atoms with Crippen LogP contribution in [0.25, 0.3) is 17.2 Å². The molecule has 0 radical (unpaired) electrons. The second-order valence-electron chi connectivity index (χ2n) is 9.56. The van der Waals surface area contributed by atoms with Crippen molar-refractivity contribution in [3.05, 3.63) is 94.8 Å². The molecule has 0 unspecified atom stereocenters. The molecule has 0 aromatic heterocycles. The lowest BCUT2D eigenvalue weighted by atomic mass is 9.78. The van der Waals surface area contributed by atoms with E-state index < -0.39 is 11.6 Å². The molecule has 0 saturated heterocycles. The summed E-state index contributed by atoms with van der Waals surface area (Å²) in [6.45, 7) is 4.56. The summed E-state index contributed by atoms with van der Waals surface area (Å²) in [5.41, 5.74) is 3.28. The van der Waals surface area contributed by atoms with Crippen LogP contribution in [0.2, 0.25) is 0 Å². The van der Waals surface area contributed by atoms with Gasteiger partial charge in [-0.1, -0.05) is 73.5 Å². The maximum atomic E-state index is 14.8. The molecule has 3 aromatic rings. The molecule has 0 aliphatic heterocycles. The highest BCUT2D eigenvalue weighted by Gasteiger charge is 2.22. The summed E-state index contributed by atoms with van der Waals surface area (Å²) in [5.74, 6) is -1.00. The number of rotatable bonds is 8. The molecule has 0 bridgehead atoms. The molecule has 1 nitrogen and oxygen atoms in total. The number of aryl methyl sites for hydroxylation is 1. The smallest absolute Gasteiger partial charge is 0.167 e. The summed E-state index contributed by atoms with van der Waals surface area (Å²) >= 11 is 0. The van der Waals surface area contributed by atoms with Crippen LogP contribution in [0.4, 0.5) is 13.2 Å². The molecule has 0 spiro atoms. The zero-order valence-corrected chi connectivity index (χ0v) is 20.5. The first-order chi connectivity index (χ1) is 17.0. The zero-order valence-electron chi connectivity index (χ0n) is 20.5. The second kappa shape index (κ2) is 11.6. The van der Waals surface area contributed by atoms with Crippen molar-refractivity contribution < 1.29 is 17.9 Å². The first kappa shape index (κ1) is 25.1. The summed E-state index contributed by atoms with van der Waals surface area (Å²) in [4.78, 5) is 0. The Bertz CT molecular complexity index is 1160. The van der Waals surface area contributed by atoms with Crippen molar-refractivity contribution in [2.24, 2.45) is 5.92 Å². The van der Waals surface area contributed by atoms with Gasteiger partial charge in [0, 0.05) is 11.1 Å². The number of benzene rings is 3. The summed E-state index contributed by atoms with van der Waals surface area (Å²) in [6.07, 6.45) is 9.35. The van der Waals surface area contributed by atoms with Crippen molar-refractivity contribution >= 4 is 6.08 Å². The van der Waals surface area contributed by atoms with Crippen LogP contribution in [0.15, 0.2) is 60.7 Å². The zero-order chi connectivity index (χ0) is 24.8. The second-order valence-corrected chi connectivity index (χ2v) is 9.56. The number of halogens is 3. The molecule has 3 aromatic carbocycles. The molecule has 0 atom stereocenters. The molecule has 4 rings (SSSR count). The Morgan fingerprint density at radius 2 is 1.63 bits per heavy atom. The van der Waals surface area contributed by atoms with Crippen molar-refractivity contribution in [1.82, 2.24) is 0 Å². The lowest BCUT2D eigenvalue weighted by Gasteiger charge is -2.27. The Morgan fingerprint density at radius 3 is 2.31 bits per heavy atom. The van der Waals surface area contributed by atoms with E-state index in [1.165, 1.54) is 0 Å². The van der Waals surface area contributed by atoms with E-state index in [4.69, 9.17) is 4.74 Å². The maximum Gasteiger partial charge on any atom is 0.167 e. The third-order valence-corrected chi connectivity index (χ3v) is 6.98. The topological polar surface area (TPSA) is 9.23 Å². The largest absolute Gasteiger partial charge is 0.491 e. The van der Waals surface area contributed by atoms with Gasteiger partial charge in [-0.15, -0.1) is 0 Å². The van der Waals surface area contributed by atoms with Crippen LogP contribution in [-0.4, -0.2) is 6.61 Å². The fourth-order valence-electron chi connectivity index (χ4n) is 4.75. The average Bonchev–Trinajstić information content (AvgIpc) is 2.87. The van der Waals surface area contributed by atoms with Crippen LogP contribution in [0.3, 0.4) is 0 Å². The van der Waals surface area contributed by atoms with Gasteiger partial charge in [0.05, 0.1) is 6.61 Å². The minimum Gasteiger partial charge on any atom is -0.491 e. The van der Waals surface area contributed by atoms with Gasteiger partial charge in [-0.05, 0) is 74.1 Å². The molecular formula is C31H33F3O. The molecule has 35 heavy (non-hydrogen) atoms. The van der Waals surface area contributed by atoms with Crippen LogP contribution >= 0.6 is 0 Å². The van der Waals surface area contributed by atoms with E-state index in [2.05, 4.69) is 6.92 Å². The molecule has 1 saturated carbocycles. The summed E-state index contributed by atoms with van der Waals surface area (Å²) in [7, 11) is 0. The summed E-state index contributed by atoms with van der Waals surface area (Å²) in [5, 5.41) is 0. The first-order valence-corrected chi connectivity index (χ1v) is 12.6. The monoisotopic (exact) mass is 478 g/mol. The molecule has 184 valence electrons. The molecule has 0 N–H and O–H groups in total. The van der Waals surface area contributed by atoms with Gasteiger partial charge in [-0.25, -0.2) is 13.2 Å². The number of hydrogen-bond acceptors (Lipinski definition) is 1. The van der Waals surface area contributed by atoms with Crippen LogP contribution in [0.5, 0.6) is 5.75 Å². The predicted molar refractivity (Wildman–Crippen MR) is 137 cm³/mol. The van der Waals surface area contributed by atoms with Crippen LogP contribution < -0.4 is 4.74 Å². The molecule has 4 heteroatoms. The molecule has 1 aliphatic rings. The fourth-order valence-corrected chi connectivity index (χ4v) is 4.75. The number of ether oxygens (including phenoxy) is 1. The van der Waals surface area contributed by atoms with Crippen molar-refractivity contribution in [2.75, 3.05) is 6.61 Å². The molecule has 0 heterocycles. The predicted octanol–water partition coefficient (Wildman–Crippen LogP) is 9.25. The lowest BCUT2D eigenvalue weighted by Crippen LogP contribution is -2.12. The Morgan fingerprint density at radius 1 is 0.886 bits per heavy atom. The molecular weight excluding hydrogens is 445 g/mol. The highest BCUT2D eigenvalue weighted by Crippen LogP contribution is 2.38.